The molecule has 0 unspecified atom stereocenters. The predicted molar refractivity (Wildman–Crippen MR) is 86.1 cm³/mol. The summed E-state index contributed by atoms with van der Waals surface area (Å²) >= 11 is 0. The average Bonchev–Trinajstić information content (AvgIpc) is 2.54. The van der Waals surface area contributed by atoms with Gasteiger partial charge in [0.15, 0.2) is 5.78 Å². The predicted octanol–water partition coefficient (Wildman–Crippen LogP) is 4.20. The van der Waals surface area contributed by atoms with Crippen LogP contribution in [0.5, 0.6) is 11.5 Å². The van der Waals surface area contributed by atoms with Gasteiger partial charge in [-0.3, -0.25) is 4.79 Å². The second-order valence-electron chi connectivity index (χ2n) is 4.85. The minimum atomic E-state index is -2.98. The smallest absolute Gasteiger partial charge is 0.505 e. The molecule has 0 atom stereocenters. The average molecular weight is 316 g/mol. The van der Waals surface area contributed by atoms with Crippen LogP contribution < -0.4 is 9.39 Å². The fraction of sp³-hybridized carbons (Fsp3) is 0.118. The molecule has 0 saturated heterocycles. The van der Waals surface area contributed by atoms with Gasteiger partial charge in [0.25, 0.3) is 0 Å². The van der Waals surface area contributed by atoms with Gasteiger partial charge in [-0.15, -0.1) is 0 Å². The van der Waals surface area contributed by atoms with Gasteiger partial charge in [0.2, 0.25) is 0 Å². The minimum Gasteiger partial charge on any atom is -0.505 e. The number of allylic oxidation sites excluding steroid dienone is 1. The van der Waals surface area contributed by atoms with E-state index < -0.39 is 13.3 Å². The van der Waals surface area contributed by atoms with Crippen molar-refractivity contribution in [1.29, 1.82) is 0 Å². The van der Waals surface area contributed by atoms with Crippen LogP contribution in [0.3, 0.4) is 0 Å². The van der Waals surface area contributed by atoms with Crippen molar-refractivity contribution in [2.24, 2.45) is 0 Å². The van der Waals surface area contributed by atoms with Crippen molar-refractivity contribution in [1.82, 2.24) is 0 Å². The number of halogens is 2. The number of ketones is 1. The SMILES string of the molecule is COc1ccc(/C=C\C(=O)c2cc(C)ccc2OB(F)F)cc1. The molecule has 0 fully saturated rings. The molecule has 0 amide bonds. The summed E-state index contributed by atoms with van der Waals surface area (Å²) in [6.45, 7) is 1.77. The van der Waals surface area contributed by atoms with E-state index in [-0.39, 0.29) is 11.3 Å². The zero-order chi connectivity index (χ0) is 16.8. The number of methoxy groups -OCH3 is 1. The Morgan fingerprint density at radius 3 is 2.43 bits per heavy atom. The first-order chi connectivity index (χ1) is 11.0. The third-order valence-corrected chi connectivity index (χ3v) is 3.16. The molecular weight excluding hydrogens is 301 g/mol. The summed E-state index contributed by atoms with van der Waals surface area (Å²) in [5, 5.41) is 0. The second-order valence-corrected chi connectivity index (χ2v) is 4.85. The van der Waals surface area contributed by atoms with Crippen molar-refractivity contribution in [2.45, 2.75) is 6.92 Å². The molecule has 23 heavy (non-hydrogen) atoms. The van der Waals surface area contributed by atoms with Gasteiger partial charge in [-0.1, -0.05) is 29.8 Å². The fourth-order valence-corrected chi connectivity index (χ4v) is 2.01. The van der Waals surface area contributed by atoms with E-state index in [4.69, 9.17) is 4.74 Å². The molecule has 0 radical (unpaired) electrons. The number of ether oxygens (including phenoxy) is 1. The first kappa shape index (κ1) is 16.7. The van der Waals surface area contributed by atoms with E-state index in [1.807, 2.05) is 0 Å². The fourth-order valence-electron chi connectivity index (χ4n) is 2.01. The number of hydrogen-bond acceptors (Lipinski definition) is 3. The van der Waals surface area contributed by atoms with Crippen LogP contribution in [0.1, 0.15) is 21.5 Å². The lowest BCUT2D eigenvalue weighted by molar-refractivity contribution is 0.104. The molecule has 2 rings (SSSR count). The highest BCUT2D eigenvalue weighted by Gasteiger charge is 2.21. The molecule has 0 N–H and O–H groups in total. The second kappa shape index (κ2) is 7.58. The number of hydrogen-bond donors (Lipinski definition) is 0. The molecule has 0 saturated carbocycles. The van der Waals surface area contributed by atoms with E-state index in [0.717, 1.165) is 11.1 Å². The zero-order valence-electron chi connectivity index (χ0n) is 12.8. The summed E-state index contributed by atoms with van der Waals surface area (Å²) in [5.41, 5.74) is 1.69. The van der Waals surface area contributed by atoms with Gasteiger partial charge >= 0.3 is 7.47 Å². The van der Waals surface area contributed by atoms with Crippen molar-refractivity contribution in [2.75, 3.05) is 7.11 Å². The summed E-state index contributed by atoms with van der Waals surface area (Å²) in [6, 6.07) is 11.6. The summed E-state index contributed by atoms with van der Waals surface area (Å²) < 4.78 is 34.3. The van der Waals surface area contributed by atoms with Crippen LogP contribution in [-0.4, -0.2) is 20.4 Å². The maximum atomic E-state index is 12.4. The molecule has 0 heterocycles. The Morgan fingerprint density at radius 2 is 1.83 bits per heavy atom. The Bertz CT molecular complexity index is 712. The van der Waals surface area contributed by atoms with E-state index in [9.17, 15) is 13.4 Å². The van der Waals surface area contributed by atoms with Gasteiger partial charge in [-0.25, -0.2) is 8.63 Å². The van der Waals surface area contributed by atoms with Gasteiger partial charge in [-0.2, -0.15) is 0 Å². The standard InChI is InChI=1S/C17H15BF2O3/c1-12-3-10-17(23-18(19)20)15(11-12)16(21)9-6-13-4-7-14(22-2)8-5-13/h3-11H,1-2H3/b9-6-. The molecular formula is C17H15BF2O3. The van der Waals surface area contributed by atoms with Crippen molar-refractivity contribution >= 4 is 19.3 Å². The Hall–Kier alpha value is -2.63. The Labute approximate surface area is 133 Å². The third-order valence-electron chi connectivity index (χ3n) is 3.16. The van der Waals surface area contributed by atoms with Crippen molar-refractivity contribution < 1.29 is 22.8 Å². The minimum absolute atomic E-state index is 0.107. The topological polar surface area (TPSA) is 35.5 Å². The van der Waals surface area contributed by atoms with E-state index in [0.29, 0.717) is 5.75 Å². The zero-order valence-corrected chi connectivity index (χ0v) is 12.8. The largest absolute Gasteiger partial charge is 0.796 e. The molecule has 0 aliphatic rings. The van der Waals surface area contributed by atoms with Crippen LogP contribution in [0.2, 0.25) is 0 Å². The number of rotatable bonds is 6. The number of carbonyl (C=O) groups is 1. The molecule has 6 heteroatoms. The summed E-state index contributed by atoms with van der Waals surface area (Å²) in [4.78, 5) is 12.3. The molecule has 0 aromatic heterocycles. The van der Waals surface area contributed by atoms with Crippen molar-refractivity contribution in [3.8, 4) is 11.5 Å². The lowest BCUT2D eigenvalue weighted by Gasteiger charge is -2.08. The number of benzene rings is 2. The van der Waals surface area contributed by atoms with E-state index >= 15 is 0 Å². The molecule has 2 aromatic rings. The monoisotopic (exact) mass is 316 g/mol. The number of aryl methyl sites for hydroxylation is 1. The van der Waals surface area contributed by atoms with Gasteiger partial charge in [-0.05, 0) is 42.8 Å². The lowest BCUT2D eigenvalue weighted by Crippen LogP contribution is -2.11. The molecule has 0 aliphatic heterocycles. The van der Waals surface area contributed by atoms with Crippen molar-refractivity contribution in [3.63, 3.8) is 0 Å². The number of carbonyl (C=O) groups excluding carboxylic acids is 1. The summed E-state index contributed by atoms with van der Waals surface area (Å²) in [6.07, 6.45) is 2.94. The van der Waals surface area contributed by atoms with Crippen LogP contribution in [-0.2, 0) is 0 Å². The maximum Gasteiger partial charge on any atom is 0.796 e. The van der Waals surface area contributed by atoms with Gasteiger partial charge in [0.05, 0.1) is 12.7 Å². The van der Waals surface area contributed by atoms with Gasteiger partial charge in [0.1, 0.15) is 11.5 Å². The molecule has 0 bridgehead atoms. The van der Waals surface area contributed by atoms with Gasteiger partial charge < -0.3 is 9.39 Å². The normalized spacial score (nSPS) is 10.6. The van der Waals surface area contributed by atoms with Gasteiger partial charge in [0, 0.05) is 0 Å². The molecule has 118 valence electrons. The highest BCUT2D eigenvalue weighted by Crippen LogP contribution is 2.22. The van der Waals surface area contributed by atoms with E-state index in [1.54, 1.807) is 50.4 Å². The molecule has 3 nitrogen and oxygen atoms in total. The quantitative estimate of drug-likeness (QED) is 0.455. The summed E-state index contributed by atoms with van der Waals surface area (Å²) in [7, 11) is -1.41. The molecule has 0 aliphatic carbocycles. The molecule has 2 aromatic carbocycles. The van der Waals surface area contributed by atoms with Crippen LogP contribution in [0, 0.1) is 6.92 Å². The van der Waals surface area contributed by atoms with Crippen LogP contribution in [0.4, 0.5) is 8.63 Å². The highest BCUT2D eigenvalue weighted by atomic mass is 19.2. The van der Waals surface area contributed by atoms with E-state index in [1.165, 1.54) is 18.2 Å². The van der Waals surface area contributed by atoms with Crippen molar-refractivity contribution in [3.05, 3.63) is 65.2 Å². The molecule has 0 spiro atoms. The van der Waals surface area contributed by atoms with E-state index in [2.05, 4.69) is 4.65 Å². The summed E-state index contributed by atoms with van der Waals surface area (Å²) in [5.74, 6) is 0.176. The Balaban J connectivity index is 2.22. The Morgan fingerprint density at radius 1 is 1.13 bits per heavy atom. The first-order valence-corrected chi connectivity index (χ1v) is 6.91. The highest BCUT2D eigenvalue weighted by molar-refractivity contribution is 6.35. The van der Waals surface area contributed by atoms with Crippen LogP contribution >= 0.6 is 0 Å². The Kier molecular flexibility index (Phi) is 5.52. The maximum absolute atomic E-state index is 12.4. The first-order valence-electron chi connectivity index (χ1n) is 6.91. The van der Waals surface area contributed by atoms with Crippen LogP contribution in [0.25, 0.3) is 6.08 Å². The van der Waals surface area contributed by atoms with Crippen LogP contribution in [0.15, 0.2) is 48.5 Å². The lowest BCUT2D eigenvalue weighted by atomic mass is 10.0. The third kappa shape index (κ3) is 4.67.